The highest BCUT2D eigenvalue weighted by Gasteiger charge is 2.02. The van der Waals surface area contributed by atoms with Gasteiger partial charge in [0.15, 0.2) is 0 Å². The van der Waals surface area contributed by atoms with Gasteiger partial charge >= 0.3 is 0 Å². The van der Waals surface area contributed by atoms with Gasteiger partial charge in [0, 0.05) is 0 Å². The average molecular weight is 141 g/mol. The van der Waals surface area contributed by atoms with Crippen molar-refractivity contribution in [2.45, 2.75) is 32.6 Å². The Morgan fingerprint density at radius 3 is 2.60 bits per heavy atom. The molecule has 0 radical (unpaired) electrons. The first kappa shape index (κ1) is 9.70. The number of rotatable bonds is 6. The molecule has 0 saturated heterocycles. The van der Waals surface area contributed by atoms with E-state index in [1.807, 2.05) is 6.08 Å². The van der Waals surface area contributed by atoms with E-state index in [-0.39, 0.29) is 0 Å². The van der Waals surface area contributed by atoms with Crippen molar-refractivity contribution in [2.24, 2.45) is 11.7 Å². The van der Waals surface area contributed by atoms with Crippen LogP contribution in [0.3, 0.4) is 0 Å². The highest BCUT2D eigenvalue weighted by atomic mass is 14.5. The van der Waals surface area contributed by atoms with Crippen LogP contribution in [0.25, 0.3) is 0 Å². The molecule has 10 heavy (non-hydrogen) atoms. The second-order valence-corrected chi connectivity index (χ2v) is 2.76. The van der Waals surface area contributed by atoms with Gasteiger partial charge in [0.1, 0.15) is 0 Å². The SMILES string of the molecule is C=CCC(CCC)CCN. The molecule has 0 heterocycles. The van der Waals surface area contributed by atoms with E-state index in [0.29, 0.717) is 0 Å². The van der Waals surface area contributed by atoms with E-state index in [0.717, 1.165) is 25.3 Å². The molecule has 0 aliphatic carbocycles. The van der Waals surface area contributed by atoms with Crippen LogP contribution < -0.4 is 5.73 Å². The van der Waals surface area contributed by atoms with Crippen molar-refractivity contribution in [1.82, 2.24) is 0 Å². The smallest absolute Gasteiger partial charge is 0.00745 e. The maximum Gasteiger partial charge on any atom is -0.00745 e. The lowest BCUT2D eigenvalue weighted by atomic mass is 9.96. The standard InChI is InChI=1S/C9H19N/c1-3-5-9(6-4-2)7-8-10/h3,9H,1,4-8,10H2,2H3. The molecule has 0 fully saturated rings. The predicted molar refractivity (Wildman–Crippen MR) is 46.9 cm³/mol. The molecular weight excluding hydrogens is 122 g/mol. The van der Waals surface area contributed by atoms with Crippen LogP contribution in [-0.2, 0) is 0 Å². The first-order chi connectivity index (χ1) is 4.85. The van der Waals surface area contributed by atoms with Gasteiger partial charge in [-0.1, -0.05) is 25.8 Å². The summed E-state index contributed by atoms with van der Waals surface area (Å²) in [7, 11) is 0. The molecule has 1 atom stereocenters. The van der Waals surface area contributed by atoms with E-state index < -0.39 is 0 Å². The third kappa shape index (κ3) is 4.57. The fraction of sp³-hybridized carbons (Fsp3) is 0.778. The summed E-state index contributed by atoms with van der Waals surface area (Å²) in [5, 5.41) is 0. The molecule has 0 aromatic heterocycles. The molecule has 0 aliphatic rings. The molecular formula is C9H19N. The summed E-state index contributed by atoms with van der Waals surface area (Å²) in [5.74, 6) is 0.785. The zero-order valence-corrected chi connectivity index (χ0v) is 6.97. The molecule has 0 bridgehead atoms. The monoisotopic (exact) mass is 141 g/mol. The van der Waals surface area contributed by atoms with Gasteiger partial charge in [-0.25, -0.2) is 0 Å². The van der Waals surface area contributed by atoms with Crippen LogP contribution in [0, 0.1) is 5.92 Å². The second-order valence-electron chi connectivity index (χ2n) is 2.76. The maximum atomic E-state index is 5.46. The molecule has 0 aromatic carbocycles. The van der Waals surface area contributed by atoms with Crippen LogP contribution >= 0.6 is 0 Å². The normalized spacial score (nSPS) is 13.0. The van der Waals surface area contributed by atoms with Crippen molar-refractivity contribution in [3.05, 3.63) is 12.7 Å². The number of hydrogen-bond donors (Lipinski definition) is 1. The minimum absolute atomic E-state index is 0.785. The van der Waals surface area contributed by atoms with E-state index in [1.54, 1.807) is 0 Å². The predicted octanol–water partition coefficient (Wildman–Crippen LogP) is 2.33. The topological polar surface area (TPSA) is 26.0 Å². The van der Waals surface area contributed by atoms with Crippen molar-refractivity contribution in [2.75, 3.05) is 6.54 Å². The summed E-state index contributed by atoms with van der Waals surface area (Å²) in [5.41, 5.74) is 5.46. The maximum absolute atomic E-state index is 5.46. The summed E-state index contributed by atoms with van der Waals surface area (Å²) in [4.78, 5) is 0. The number of nitrogens with two attached hydrogens (primary N) is 1. The summed E-state index contributed by atoms with van der Waals surface area (Å²) < 4.78 is 0. The van der Waals surface area contributed by atoms with Crippen LogP contribution in [0.1, 0.15) is 32.6 Å². The highest BCUT2D eigenvalue weighted by molar-refractivity contribution is 4.72. The Balaban J connectivity index is 3.38. The van der Waals surface area contributed by atoms with E-state index in [1.165, 1.54) is 12.8 Å². The van der Waals surface area contributed by atoms with Gasteiger partial charge < -0.3 is 5.73 Å². The van der Waals surface area contributed by atoms with Crippen LogP contribution in [0.15, 0.2) is 12.7 Å². The molecule has 0 saturated carbocycles. The van der Waals surface area contributed by atoms with E-state index in [9.17, 15) is 0 Å². The summed E-state index contributed by atoms with van der Waals surface area (Å²) in [6.07, 6.45) is 6.84. The molecule has 0 amide bonds. The van der Waals surface area contributed by atoms with Crippen molar-refractivity contribution in [3.8, 4) is 0 Å². The molecule has 2 N–H and O–H groups in total. The van der Waals surface area contributed by atoms with Crippen molar-refractivity contribution < 1.29 is 0 Å². The fourth-order valence-electron chi connectivity index (χ4n) is 1.26. The summed E-state index contributed by atoms with van der Waals surface area (Å²) >= 11 is 0. The lowest BCUT2D eigenvalue weighted by molar-refractivity contribution is 0.457. The molecule has 1 nitrogen and oxygen atoms in total. The summed E-state index contributed by atoms with van der Waals surface area (Å²) in [6, 6.07) is 0. The van der Waals surface area contributed by atoms with Gasteiger partial charge in [-0.15, -0.1) is 6.58 Å². The quantitative estimate of drug-likeness (QED) is 0.564. The minimum atomic E-state index is 0.785. The average Bonchev–Trinajstić information content (AvgIpc) is 1.90. The molecule has 0 rings (SSSR count). The van der Waals surface area contributed by atoms with Crippen LogP contribution in [0.4, 0.5) is 0 Å². The number of allylic oxidation sites excluding steroid dienone is 1. The minimum Gasteiger partial charge on any atom is -0.330 e. The lowest BCUT2D eigenvalue weighted by Crippen LogP contribution is -2.07. The molecule has 1 unspecified atom stereocenters. The third-order valence-corrected chi connectivity index (χ3v) is 1.77. The van der Waals surface area contributed by atoms with Crippen molar-refractivity contribution in [3.63, 3.8) is 0 Å². The largest absolute Gasteiger partial charge is 0.330 e. The second kappa shape index (κ2) is 6.81. The Morgan fingerprint density at radius 2 is 2.20 bits per heavy atom. The Morgan fingerprint density at radius 1 is 1.50 bits per heavy atom. The molecule has 0 aliphatic heterocycles. The van der Waals surface area contributed by atoms with Gasteiger partial charge in [0.2, 0.25) is 0 Å². The summed E-state index contributed by atoms with van der Waals surface area (Å²) in [6.45, 7) is 6.76. The Labute approximate surface area is 64.3 Å². The Bertz CT molecular complexity index is 72.8. The molecule has 0 aromatic rings. The van der Waals surface area contributed by atoms with Gasteiger partial charge in [-0.2, -0.15) is 0 Å². The lowest BCUT2D eigenvalue weighted by Gasteiger charge is -2.11. The third-order valence-electron chi connectivity index (χ3n) is 1.77. The van der Waals surface area contributed by atoms with Gasteiger partial charge in [-0.05, 0) is 25.3 Å². The van der Waals surface area contributed by atoms with E-state index >= 15 is 0 Å². The molecule has 1 heteroatoms. The molecule has 0 spiro atoms. The van der Waals surface area contributed by atoms with E-state index in [2.05, 4.69) is 13.5 Å². The zero-order chi connectivity index (χ0) is 7.82. The Kier molecular flexibility index (Phi) is 6.61. The zero-order valence-electron chi connectivity index (χ0n) is 6.97. The van der Waals surface area contributed by atoms with Crippen LogP contribution in [0.5, 0.6) is 0 Å². The van der Waals surface area contributed by atoms with E-state index in [4.69, 9.17) is 5.73 Å². The van der Waals surface area contributed by atoms with Gasteiger partial charge in [0.25, 0.3) is 0 Å². The van der Waals surface area contributed by atoms with Crippen LogP contribution in [0.2, 0.25) is 0 Å². The van der Waals surface area contributed by atoms with Gasteiger partial charge in [0.05, 0.1) is 0 Å². The first-order valence-corrected chi connectivity index (χ1v) is 4.16. The van der Waals surface area contributed by atoms with Crippen LogP contribution in [-0.4, -0.2) is 6.54 Å². The number of hydrogen-bond acceptors (Lipinski definition) is 1. The fourth-order valence-corrected chi connectivity index (χ4v) is 1.26. The first-order valence-electron chi connectivity index (χ1n) is 4.16. The highest BCUT2D eigenvalue weighted by Crippen LogP contribution is 2.14. The van der Waals surface area contributed by atoms with Crippen molar-refractivity contribution in [1.29, 1.82) is 0 Å². The van der Waals surface area contributed by atoms with Gasteiger partial charge in [-0.3, -0.25) is 0 Å². The molecule has 60 valence electrons. The van der Waals surface area contributed by atoms with Crippen molar-refractivity contribution >= 4 is 0 Å². The Hall–Kier alpha value is -0.300.